The Bertz CT molecular complexity index is 1410. The van der Waals surface area contributed by atoms with E-state index in [-0.39, 0.29) is 23.2 Å². The monoisotopic (exact) mass is 470 g/mol. The molecule has 2 aromatic carbocycles. The largest absolute Gasteiger partial charge is 0.352 e. The summed E-state index contributed by atoms with van der Waals surface area (Å²) in [6, 6.07) is 12.6. The van der Waals surface area contributed by atoms with Gasteiger partial charge < -0.3 is 5.32 Å². The first-order valence-corrected chi connectivity index (χ1v) is 12.3. The molecule has 174 valence electrons. The van der Waals surface area contributed by atoms with Crippen molar-refractivity contribution in [3.8, 4) is 5.69 Å². The molecule has 0 saturated carbocycles. The number of nitrogens with one attached hydrogen (secondary N) is 1. The van der Waals surface area contributed by atoms with Gasteiger partial charge in [0.05, 0.1) is 17.1 Å². The summed E-state index contributed by atoms with van der Waals surface area (Å²) < 4.78 is 25.4. The Kier molecular flexibility index (Phi) is 6.97. The minimum Gasteiger partial charge on any atom is -0.348 e. The van der Waals surface area contributed by atoms with Gasteiger partial charge in [0.25, 0.3) is 11.5 Å². The van der Waals surface area contributed by atoms with Crippen molar-refractivity contribution in [1.29, 1.82) is 0 Å². The lowest BCUT2D eigenvalue weighted by Crippen LogP contribution is -2.47. The number of carbonyl (C=O) groups is 1. The molecule has 9 nitrogen and oxygen atoms in total. The summed E-state index contributed by atoms with van der Waals surface area (Å²) in [7, 11) is -3.44. The molecule has 1 aromatic heterocycles. The van der Waals surface area contributed by atoms with Gasteiger partial charge in [-0.15, -0.1) is 0 Å². The standard InChI is InChI=1S/C23H26N4O5S/c1-5-16(3)24-21(28)20-22(29)26(14-17-8-6-7-15(2)13-17)23(30)27(25-20)18-9-11-19(12-10-18)33(4,31)32/h6-13,16H,5,14H2,1-4H3,(H,24,28). The van der Waals surface area contributed by atoms with E-state index in [0.29, 0.717) is 12.0 Å². The third kappa shape index (κ3) is 5.46. The summed E-state index contributed by atoms with van der Waals surface area (Å²) in [6.07, 6.45) is 1.72. The van der Waals surface area contributed by atoms with E-state index in [1.807, 2.05) is 32.0 Å². The van der Waals surface area contributed by atoms with E-state index in [9.17, 15) is 22.8 Å². The highest BCUT2D eigenvalue weighted by atomic mass is 32.2. The molecule has 1 amide bonds. The molecule has 0 aliphatic heterocycles. The van der Waals surface area contributed by atoms with Crippen LogP contribution in [0.1, 0.15) is 41.9 Å². The van der Waals surface area contributed by atoms with Gasteiger partial charge in [-0.1, -0.05) is 36.8 Å². The Morgan fingerprint density at radius 1 is 1.12 bits per heavy atom. The van der Waals surface area contributed by atoms with E-state index >= 15 is 0 Å². The Morgan fingerprint density at radius 2 is 1.79 bits per heavy atom. The summed E-state index contributed by atoms with van der Waals surface area (Å²) in [4.78, 5) is 39.2. The maximum absolute atomic E-state index is 13.2. The summed E-state index contributed by atoms with van der Waals surface area (Å²) in [6.45, 7) is 5.53. The molecule has 0 fully saturated rings. The number of hydrogen-bond donors (Lipinski definition) is 1. The van der Waals surface area contributed by atoms with Crippen LogP contribution in [0.4, 0.5) is 0 Å². The van der Waals surface area contributed by atoms with Crippen LogP contribution in [0.15, 0.2) is 63.0 Å². The van der Waals surface area contributed by atoms with E-state index in [1.54, 1.807) is 13.0 Å². The molecular weight excluding hydrogens is 444 g/mol. The molecule has 0 aliphatic rings. The van der Waals surface area contributed by atoms with Gasteiger partial charge in [-0.25, -0.2) is 13.2 Å². The first kappa shape index (κ1) is 24.1. The van der Waals surface area contributed by atoms with Crippen molar-refractivity contribution < 1.29 is 13.2 Å². The highest BCUT2D eigenvalue weighted by molar-refractivity contribution is 7.90. The number of sulfone groups is 1. The normalized spacial score (nSPS) is 12.4. The molecule has 3 aromatic rings. The average molecular weight is 471 g/mol. The smallest absolute Gasteiger partial charge is 0.348 e. The molecule has 0 radical (unpaired) electrons. The van der Waals surface area contributed by atoms with Crippen molar-refractivity contribution in [2.75, 3.05) is 6.26 Å². The number of aromatic nitrogens is 3. The zero-order chi connectivity index (χ0) is 24.3. The van der Waals surface area contributed by atoms with Crippen LogP contribution in [0.5, 0.6) is 0 Å². The van der Waals surface area contributed by atoms with Gasteiger partial charge in [-0.05, 0) is 50.1 Å². The van der Waals surface area contributed by atoms with Crippen LogP contribution in [-0.4, -0.2) is 41.0 Å². The second-order valence-electron chi connectivity index (χ2n) is 7.97. The molecule has 1 atom stereocenters. The van der Waals surface area contributed by atoms with Gasteiger partial charge in [0.2, 0.25) is 5.69 Å². The van der Waals surface area contributed by atoms with E-state index in [2.05, 4.69) is 10.4 Å². The number of hydrogen-bond acceptors (Lipinski definition) is 6. The molecule has 0 saturated heterocycles. The number of rotatable bonds is 7. The number of carbonyl (C=O) groups excluding carboxylic acids is 1. The summed E-state index contributed by atoms with van der Waals surface area (Å²) in [5.74, 6) is -0.686. The van der Waals surface area contributed by atoms with Crippen molar-refractivity contribution in [2.24, 2.45) is 0 Å². The predicted molar refractivity (Wildman–Crippen MR) is 125 cm³/mol. The summed E-state index contributed by atoms with van der Waals surface area (Å²) >= 11 is 0. The highest BCUT2D eigenvalue weighted by Gasteiger charge is 2.21. The number of nitrogens with zero attached hydrogens (tertiary/aromatic N) is 3. The van der Waals surface area contributed by atoms with Crippen LogP contribution in [0, 0.1) is 6.92 Å². The molecule has 1 unspecified atom stereocenters. The Hall–Kier alpha value is -3.53. The van der Waals surface area contributed by atoms with Crippen molar-refractivity contribution in [3.05, 3.63) is 86.2 Å². The molecule has 0 spiro atoms. The molecule has 3 rings (SSSR count). The zero-order valence-electron chi connectivity index (χ0n) is 18.9. The Balaban J connectivity index is 2.20. The molecule has 10 heteroatoms. The van der Waals surface area contributed by atoms with Gasteiger partial charge in [0.1, 0.15) is 0 Å². The number of aryl methyl sites for hydroxylation is 1. The lowest BCUT2D eigenvalue weighted by Gasteiger charge is -2.14. The van der Waals surface area contributed by atoms with Gasteiger partial charge in [-0.3, -0.25) is 14.2 Å². The van der Waals surface area contributed by atoms with Crippen molar-refractivity contribution in [3.63, 3.8) is 0 Å². The average Bonchev–Trinajstić information content (AvgIpc) is 2.76. The zero-order valence-corrected chi connectivity index (χ0v) is 19.7. The molecule has 1 heterocycles. The minimum absolute atomic E-state index is 0.0487. The SMILES string of the molecule is CCC(C)NC(=O)c1nn(-c2ccc(S(C)(=O)=O)cc2)c(=O)n(Cc2cccc(C)c2)c1=O. The topological polar surface area (TPSA) is 120 Å². The maximum Gasteiger partial charge on any atom is 0.352 e. The van der Waals surface area contributed by atoms with Crippen LogP contribution in [0.2, 0.25) is 0 Å². The molecule has 1 N–H and O–H groups in total. The van der Waals surface area contributed by atoms with E-state index in [1.165, 1.54) is 24.3 Å². The van der Waals surface area contributed by atoms with Crippen LogP contribution in [0.3, 0.4) is 0 Å². The second-order valence-corrected chi connectivity index (χ2v) is 9.99. The first-order chi connectivity index (χ1) is 15.5. The van der Waals surface area contributed by atoms with Crippen molar-refractivity contribution in [2.45, 2.75) is 44.7 Å². The second kappa shape index (κ2) is 9.53. The van der Waals surface area contributed by atoms with Crippen molar-refractivity contribution in [1.82, 2.24) is 19.7 Å². The van der Waals surface area contributed by atoms with E-state index in [4.69, 9.17) is 0 Å². The molecule has 0 bridgehead atoms. The minimum atomic E-state index is -3.44. The Labute approximate surface area is 191 Å². The third-order valence-electron chi connectivity index (χ3n) is 5.20. The van der Waals surface area contributed by atoms with Gasteiger partial charge in [-0.2, -0.15) is 9.78 Å². The van der Waals surface area contributed by atoms with Gasteiger partial charge >= 0.3 is 5.69 Å². The van der Waals surface area contributed by atoms with Crippen LogP contribution < -0.4 is 16.6 Å². The molecular formula is C23H26N4O5S. The molecule has 0 aliphatic carbocycles. The maximum atomic E-state index is 13.2. The molecule has 33 heavy (non-hydrogen) atoms. The number of amides is 1. The van der Waals surface area contributed by atoms with Crippen LogP contribution >= 0.6 is 0 Å². The lowest BCUT2D eigenvalue weighted by molar-refractivity contribution is 0.0929. The highest BCUT2D eigenvalue weighted by Crippen LogP contribution is 2.12. The number of benzene rings is 2. The van der Waals surface area contributed by atoms with E-state index < -0.39 is 32.7 Å². The third-order valence-corrected chi connectivity index (χ3v) is 6.33. The van der Waals surface area contributed by atoms with E-state index in [0.717, 1.165) is 21.1 Å². The predicted octanol–water partition coefficient (Wildman–Crippen LogP) is 1.68. The van der Waals surface area contributed by atoms with Crippen molar-refractivity contribution >= 4 is 15.7 Å². The Morgan fingerprint density at radius 3 is 2.36 bits per heavy atom. The quantitative estimate of drug-likeness (QED) is 0.561. The first-order valence-electron chi connectivity index (χ1n) is 10.4. The fraction of sp³-hybridized carbons (Fsp3) is 0.304. The van der Waals surface area contributed by atoms with Gasteiger partial charge in [0, 0.05) is 12.3 Å². The van der Waals surface area contributed by atoms with Crippen LogP contribution in [0.25, 0.3) is 5.69 Å². The summed E-state index contributed by atoms with van der Waals surface area (Å²) in [5, 5.41) is 6.75. The lowest BCUT2D eigenvalue weighted by atomic mass is 10.1. The summed E-state index contributed by atoms with van der Waals surface area (Å²) in [5.41, 5.74) is -0.0635. The van der Waals surface area contributed by atoms with Gasteiger partial charge in [0.15, 0.2) is 9.84 Å². The van der Waals surface area contributed by atoms with Crippen LogP contribution in [-0.2, 0) is 16.4 Å². The fourth-order valence-corrected chi connectivity index (χ4v) is 3.82. The fourth-order valence-electron chi connectivity index (χ4n) is 3.19.